The minimum Gasteiger partial charge on any atom is -0.426 e. The fraction of sp³-hybridized carbons (Fsp3) is 0.211. The van der Waals surface area contributed by atoms with Crippen LogP contribution in [-0.4, -0.2) is 12.5 Å². The molecule has 5 aromatic rings. The van der Waals surface area contributed by atoms with E-state index in [1.165, 1.54) is 50.0 Å². The molecule has 0 fully saturated rings. The van der Waals surface area contributed by atoms with Crippen LogP contribution in [0.5, 0.6) is 0 Å². The van der Waals surface area contributed by atoms with E-state index in [4.69, 9.17) is 4.65 Å². The van der Waals surface area contributed by atoms with Gasteiger partial charge in [0.25, 0.3) is 0 Å². The van der Waals surface area contributed by atoms with Gasteiger partial charge in [-0.3, -0.25) is 0 Å². The Morgan fingerprint density at radius 2 is 0.750 bits per heavy atom. The molecule has 40 heavy (non-hydrogen) atoms. The lowest BCUT2D eigenvalue weighted by Crippen LogP contribution is -2.47. The van der Waals surface area contributed by atoms with Crippen LogP contribution in [0.3, 0.4) is 0 Å². The van der Waals surface area contributed by atoms with Gasteiger partial charge in [0.05, 0.1) is 5.60 Å². The molecule has 0 unspecified atom stereocenters. The molecule has 1 nitrogen and oxygen atoms in total. The number of hydrogen-bond donors (Lipinski definition) is 0. The molecule has 0 saturated carbocycles. The van der Waals surface area contributed by atoms with E-state index in [1.807, 2.05) is 0 Å². The number of benzene rings is 5. The first kappa shape index (κ1) is 27.7. The maximum absolute atomic E-state index is 6.72. The summed E-state index contributed by atoms with van der Waals surface area (Å²) < 4.78 is 6.72. The van der Waals surface area contributed by atoms with Gasteiger partial charge >= 0.3 is 6.92 Å². The lowest BCUT2D eigenvalue weighted by atomic mass is 9.61. The summed E-state index contributed by atoms with van der Waals surface area (Å²) in [6.07, 6.45) is 0. The third-order valence-electron chi connectivity index (χ3n) is 8.35. The second-order valence-corrected chi connectivity index (χ2v) is 12.3. The van der Waals surface area contributed by atoms with Crippen molar-refractivity contribution in [3.63, 3.8) is 0 Å². The molecule has 0 radical (unpaired) electrons. The Kier molecular flexibility index (Phi) is 7.83. The quantitative estimate of drug-likeness (QED) is 0.193. The smallest absolute Gasteiger partial charge is 0.324 e. The van der Waals surface area contributed by atoms with Crippen molar-refractivity contribution >= 4 is 12.4 Å². The maximum Gasteiger partial charge on any atom is 0.324 e. The van der Waals surface area contributed by atoms with Gasteiger partial charge in [0.2, 0.25) is 0 Å². The third kappa shape index (κ3) is 6.13. The zero-order valence-corrected chi connectivity index (χ0v) is 24.6. The van der Waals surface area contributed by atoms with E-state index in [-0.39, 0.29) is 17.9 Å². The molecule has 0 heterocycles. The predicted molar refractivity (Wildman–Crippen MR) is 174 cm³/mol. The van der Waals surface area contributed by atoms with Crippen LogP contribution in [0, 0.1) is 5.41 Å². The van der Waals surface area contributed by atoms with Crippen LogP contribution in [-0.2, 0) is 4.65 Å². The molecule has 0 aromatic heterocycles. The molecule has 5 rings (SSSR count). The highest BCUT2D eigenvalue weighted by atomic mass is 16.5. The van der Waals surface area contributed by atoms with Gasteiger partial charge < -0.3 is 4.65 Å². The molecule has 5 aromatic carbocycles. The number of rotatable bonds is 7. The van der Waals surface area contributed by atoms with Crippen molar-refractivity contribution in [2.24, 2.45) is 5.41 Å². The third-order valence-corrected chi connectivity index (χ3v) is 8.35. The average molecular weight is 523 g/mol. The standard InChI is InChI=1S/C38H39BO/c1-37(2,3)38(4,5)40-39(6)36-26-34(32-21-17-30(18-22-32)28-13-9-7-10-14-28)25-35(27-36)33-23-19-31(20-24-33)29-15-11-8-12-16-29/h7-27H,1-6H3. The summed E-state index contributed by atoms with van der Waals surface area (Å²) >= 11 is 0. The first-order valence-electron chi connectivity index (χ1n) is 14.3. The van der Waals surface area contributed by atoms with Crippen LogP contribution in [0.4, 0.5) is 0 Å². The second kappa shape index (κ2) is 11.3. The van der Waals surface area contributed by atoms with E-state index in [2.05, 4.69) is 169 Å². The zero-order valence-electron chi connectivity index (χ0n) is 24.6. The molecular formula is C38H39BO. The molecule has 0 saturated heterocycles. The summed E-state index contributed by atoms with van der Waals surface area (Å²) in [6.45, 7) is 13.2. The summed E-state index contributed by atoms with van der Waals surface area (Å²) in [7, 11) is 0. The highest BCUT2D eigenvalue weighted by Crippen LogP contribution is 2.34. The van der Waals surface area contributed by atoms with E-state index in [9.17, 15) is 0 Å². The van der Waals surface area contributed by atoms with E-state index in [0.717, 1.165) is 0 Å². The molecular weight excluding hydrogens is 483 g/mol. The highest BCUT2D eigenvalue weighted by molar-refractivity contribution is 6.66. The lowest BCUT2D eigenvalue weighted by molar-refractivity contribution is 0.000452. The van der Waals surface area contributed by atoms with Gasteiger partial charge in [-0.2, -0.15) is 0 Å². The van der Waals surface area contributed by atoms with Crippen LogP contribution in [0.15, 0.2) is 127 Å². The topological polar surface area (TPSA) is 9.23 Å². The Morgan fingerprint density at radius 3 is 1.10 bits per heavy atom. The van der Waals surface area contributed by atoms with Crippen LogP contribution in [0.25, 0.3) is 44.5 Å². The van der Waals surface area contributed by atoms with E-state index in [0.29, 0.717) is 0 Å². The Morgan fingerprint density at radius 1 is 0.425 bits per heavy atom. The highest BCUT2D eigenvalue weighted by Gasteiger charge is 2.36. The fourth-order valence-corrected chi connectivity index (χ4v) is 4.88. The monoisotopic (exact) mass is 522 g/mol. The molecule has 0 aliphatic rings. The molecule has 200 valence electrons. The zero-order chi connectivity index (χ0) is 28.3. The normalized spacial score (nSPS) is 11.8. The molecule has 0 amide bonds. The largest absolute Gasteiger partial charge is 0.426 e. The average Bonchev–Trinajstić information content (AvgIpc) is 2.97. The van der Waals surface area contributed by atoms with E-state index < -0.39 is 0 Å². The number of hydrogen-bond acceptors (Lipinski definition) is 1. The van der Waals surface area contributed by atoms with Crippen LogP contribution >= 0.6 is 0 Å². The predicted octanol–water partition coefficient (Wildman–Crippen LogP) is 10.0. The molecule has 0 N–H and O–H groups in total. The first-order chi connectivity index (χ1) is 19.1. The minimum atomic E-state index is -0.281. The van der Waals surface area contributed by atoms with Crippen molar-refractivity contribution < 1.29 is 4.65 Å². The van der Waals surface area contributed by atoms with Gasteiger partial charge in [-0.05, 0) is 75.3 Å². The van der Waals surface area contributed by atoms with Gasteiger partial charge in [-0.25, -0.2) is 0 Å². The van der Waals surface area contributed by atoms with Crippen molar-refractivity contribution in [1.82, 2.24) is 0 Å². The van der Waals surface area contributed by atoms with Crippen molar-refractivity contribution in [2.45, 2.75) is 47.0 Å². The van der Waals surface area contributed by atoms with E-state index in [1.54, 1.807) is 0 Å². The molecule has 0 spiro atoms. The first-order valence-corrected chi connectivity index (χ1v) is 14.3. The van der Waals surface area contributed by atoms with E-state index >= 15 is 0 Å². The van der Waals surface area contributed by atoms with Crippen LogP contribution in [0.2, 0.25) is 6.82 Å². The maximum atomic E-state index is 6.72. The minimum absolute atomic E-state index is 0.0161. The summed E-state index contributed by atoms with van der Waals surface area (Å²) in [5, 5.41) is 0. The van der Waals surface area contributed by atoms with Gasteiger partial charge in [0, 0.05) is 0 Å². The Bertz CT molecular complexity index is 1440. The van der Waals surface area contributed by atoms with Crippen molar-refractivity contribution in [3.05, 3.63) is 127 Å². The molecule has 0 aliphatic carbocycles. The SMILES string of the molecule is CB(OC(C)(C)C(C)(C)C)c1cc(-c2ccc(-c3ccccc3)cc2)cc(-c2ccc(-c3ccccc3)cc2)c1. The van der Waals surface area contributed by atoms with Crippen LogP contribution in [0.1, 0.15) is 34.6 Å². The van der Waals surface area contributed by atoms with Gasteiger partial charge in [-0.1, -0.05) is 149 Å². The van der Waals surface area contributed by atoms with Crippen molar-refractivity contribution in [3.8, 4) is 44.5 Å². The van der Waals surface area contributed by atoms with Crippen LogP contribution < -0.4 is 5.46 Å². The molecule has 0 aliphatic heterocycles. The van der Waals surface area contributed by atoms with Crippen molar-refractivity contribution in [1.29, 1.82) is 0 Å². The molecule has 0 atom stereocenters. The van der Waals surface area contributed by atoms with Gasteiger partial charge in [-0.15, -0.1) is 0 Å². The summed E-state index contributed by atoms with van der Waals surface area (Å²) in [6, 6.07) is 45.8. The summed E-state index contributed by atoms with van der Waals surface area (Å²) in [5.74, 6) is 0. The Balaban J connectivity index is 1.54. The summed E-state index contributed by atoms with van der Waals surface area (Å²) in [4.78, 5) is 0. The molecule has 2 heteroatoms. The van der Waals surface area contributed by atoms with Crippen molar-refractivity contribution in [2.75, 3.05) is 0 Å². The Hall–Kier alpha value is -3.88. The second-order valence-electron chi connectivity index (χ2n) is 12.3. The summed E-state index contributed by atoms with van der Waals surface area (Å²) in [5.41, 5.74) is 10.6. The fourth-order valence-electron chi connectivity index (χ4n) is 4.88. The Labute approximate surface area is 241 Å². The van der Waals surface area contributed by atoms with Gasteiger partial charge in [0.15, 0.2) is 0 Å². The van der Waals surface area contributed by atoms with Gasteiger partial charge in [0.1, 0.15) is 0 Å². The lowest BCUT2D eigenvalue weighted by Gasteiger charge is -2.41. The molecule has 0 bridgehead atoms.